The summed E-state index contributed by atoms with van der Waals surface area (Å²) in [4.78, 5) is 15.4. The van der Waals surface area contributed by atoms with Crippen molar-refractivity contribution in [3.8, 4) is 5.75 Å². The van der Waals surface area contributed by atoms with Crippen molar-refractivity contribution in [1.82, 2.24) is 9.21 Å². The van der Waals surface area contributed by atoms with Crippen LogP contribution in [0.2, 0.25) is 0 Å². The Morgan fingerprint density at radius 1 is 1.15 bits per heavy atom. The predicted octanol–water partition coefficient (Wildman–Crippen LogP) is 2.39. The van der Waals surface area contributed by atoms with Gasteiger partial charge in [0.1, 0.15) is 16.2 Å². The normalized spacial score (nSPS) is 27.3. The summed E-state index contributed by atoms with van der Waals surface area (Å²) < 4.78 is 34.1. The number of hydrogen-bond donors (Lipinski definition) is 0. The topological polar surface area (TPSA) is 66.9 Å². The van der Waals surface area contributed by atoms with E-state index in [9.17, 15) is 13.2 Å². The van der Waals surface area contributed by atoms with Gasteiger partial charge in [0.2, 0.25) is 15.9 Å². The highest BCUT2D eigenvalue weighted by molar-refractivity contribution is 7.89. The van der Waals surface area contributed by atoms with Gasteiger partial charge < -0.3 is 9.64 Å². The van der Waals surface area contributed by atoms with E-state index in [1.807, 2.05) is 11.8 Å². The Bertz CT molecular complexity index is 806. The molecule has 2 aliphatic heterocycles. The van der Waals surface area contributed by atoms with E-state index in [2.05, 4.69) is 0 Å². The van der Waals surface area contributed by atoms with Crippen LogP contribution in [0, 0.1) is 0 Å². The maximum Gasteiger partial charge on any atom is 0.247 e. The van der Waals surface area contributed by atoms with Crippen LogP contribution in [0.4, 0.5) is 0 Å². The van der Waals surface area contributed by atoms with Gasteiger partial charge in [-0.1, -0.05) is 12.1 Å². The van der Waals surface area contributed by atoms with Crippen molar-refractivity contribution in [1.29, 1.82) is 0 Å². The van der Waals surface area contributed by atoms with E-state index in [0.717, 1.165) is 32.2 Å². The fraction of sp³-hybridized carbons (Fsp3) is 0.632. The smallest absolute Gasteiger partial charge is 0.247 e. The minimum atomic E-state index is -3.80. The van der Waals surface area contributed by atoms with Gasteiger partial charge in [-0.25, -0.2) is 8.42 Å². The Kier molecular flexibility index (Phi) is 4.47. The second-order valence-corrected chi connectivity index (χ2v) is 9.26. The molecule has 1 aliphatic carbocycles. The molecule has 3 aliphatic rings. The number of piperidine rings is 1. The molecule has 0 radical (unpaired) electrons. The molecule has 0 N–H and O–H groups in total. The molecule has 0 bridgehead atoms. The summed E-state index contributed by atoms with van der Waals surface area (Å²) in [6.45, 7) is 3.38. The van der Waals surface area contributed by atoms with Gasteiger partial charge in [0.05, 0.1) is 6.61 Å². The van der Waals surface area contributed by atoms with Gasteiger partial charge in [0, 0.05) is 19.1 Å². The number of benzene rings is 1. The van der Waals surface area contributed by atoms with Crippen LogP contribution < -0.4 is 4.74 Å². The standard InChI is InChI=1S/C19H26N2O4S/c1-2-25-16-7-3-4-8-17(16)26(23,24)21-14-6-12-19(21)11-5-13-20(18(19)22)15-9-10-15/h3-4,7-8,15H,2,5-6,9-14H2,1H3. The molecule has 1 unspecified atom stereocenters. The highest BCUT2D eigenvalue weighted by Crippen LogP contribution is 2.45. The highest BCUT2D eigenvalue weighted by atomic mass is 32.2. The molecule has 0 aromatic heterocycles. The first kappa shape index (κ1) is 17.8. The molecule has 1 atom stereocenters. The number of para-hydroxylation sites is 1. The molecule has 1 aromatic carbocycles. The molecule has 26 heavy (non-hydrogen) atoms. The maximum absolute atomic E-state index is 13.5. The van der Waals surface area contributed by atoms with E-state index in [4.69, 9.17) is 4.74 Å². The van der Waals surface area contributed by atoms with E-state index >= 15 is 0 Å². The average molecular weight is 378 g/mol. The lowest BCUT2D eigenvalue weighted by Crippen LogP contribution is -2.61. The summed E-state index contributed by atoms with van der Waals surface area (Å²) >= 11 is 0. The molecule has 4 rings (SSSR count). The van der Waals surface area contributed by atoms with Crippen molar-refractivity contribution in [2.24, 2.45) is 0 Å². The lowest BCUT2D eigenvalue weighted by molar-refractivity contribution is -0.145. The zero-order chi connectivity index (χ0) is 18.4. The molecular weight excluding hydrogens is 352 g/mol. The number of likely N-dealkylation sites (tertiary alicyclic amines) is 1. The second kappa shape index (κ2) is 6.53. The maximum atomic E-state index is 13.5. The third kappa shape index (κ3) is 2.72. The molecule has 3 fully saturated rings. The first-order chi connectivity index (χ1) is 12.5. The molecule has 1 aromatic rings. The van der Waals surface area contributed by atoms with Crippen LogP contribution in [0.5, 0.6) is 5.75 Å². The zero-order valence-electron chi connectivity index (χ0n) is 15.2. The predicted molar refractivity (Wildman–Crippen MR) is 97.4 cm³/mol. The first-order valence-electron chi connectivity index (χ1n) is 9.56. The Balaban J connectivity index is 1.73. The molecule has 142 valence electrons. The molecule has 1 spiro atoms. The number of ether oxygens (including phenoxy) is 1. The van der Waals surface area contributed by atoms with Crippen LogP contribution in [0.3, 0.4) is 0 Å². The van der Waals surface area contributed by atoms with Crippen LogP contribution in [0.1, 0.15) is 45.4 Å². The lowest BCUT2D eigenvalue weighted by Gasteiger charge is -2.44. The van der Waals surface area contributed by atoms with Gasteiger partial charge in [-0.2, -0.15) is 4.31 Å². The van der Waals surface area contributed by atoms with Gasteiger partial charge in [-0.3, -0.25) is 4.79 Å². The van der Waals surface area contributed by atoms with Crippen LogP contribution in [-0.4, -0.2) is 54.8 Å². The van der Waals surface area contributed by atoms with E-state index < -0.39 is 15.6 Å². The van der Waals surface area contributed by atoms with Crippen LogP contribution in [-0.2, 0) is 14.8 Å². The zero-order valence-corrected chi connectivity index (χ0v) is 16.0. The number of amides is 1. The third-order valence-electron chi connectivity index (χ3n) is 5.78. The van der Waals surface area contributed by atoms with Crippen LogP contribution in [0.25, 0.3) is 0 Å². The summed E-state index contributed by atoms with van der Waals surface area (Å²) in [5.41, 5.74) is -0.904. The van der Waals surface area contributed by atoms with Crippen molar-refractivity contribution in [3.63, 3.8) is 0 Å². The Morgan fingerprint density at radius 2 is 1.85 bits per heavy atom. The Hall–Kier alpha value is -1.60. The summed E-state index contributed by atoms with van der Waals surface area (Å²) in [6, 6.07) is 7.05. The highest BCUT2D eigenvalue weighted by Gasteiger charge is 2.57. The van der Waals surface area contributed by atoms with E-state index in [1.54, 1.807) is 24.3 Å². The summed E-state index contributed by atoms with van der Waals surface area (Å²) in [5.74, 6) is 0.376. The summed E-state index contributed by atoms with van der Waals surface area (Å²) in [7, 11) is -3.80. The molecular formula is C19H26N2O4S. The summed E-state index contributed by atoms with van der Waals surface area (Å²) in [6.07, 6.45) is 4.90. The van der Waals surface area contributed by atoms with Crippen molar-refractivity contribution in [3.05, 3.63) is 24.3 Å². The number of carbonyl (C=O) groups is 1. The quantitative estimate of drug-likeness (QED) is 0.789. The second-order valence-electron chi connectivity index (χ2n) is 7.43. The van der Waals surface area contributed by atoms with Crippen molar-refractivity contribution < 1.29 is 17.9 Å². The van der Waals surface area contributed by atoms with Crippen LogP contribution >= 0.6 is 0 Å². The van der Waals surface area contributed by atoms with Crippen molar-refractivity contribution in [2.45, 2.75) is 61.9 Å². The third-order valence-corrected chi connectivity index (χ3v) is 7.79. The van der Waals surface area contributed by atoms with Crippen molar-refractivity contribution in [2.75, 3.05) is 19.7 Å². The molecule has 2 saturated heterocycles. The number of nitrogens with zero attached hydrogens (tertiary/aromatic N) is 2. The Labute approximate surface area is 155 Å². The lowest BCUT2D eigenvalue weighted by atomic mass is 9.86. The van der Waals surface area contributed by atoms with E-state index in [0.29, 0.717) is 37.8 Å². The molecule has 7 heteroatoms. The minimum absolute atomic E-state index is 0.0150. The monoisotopic (exact) mass is 378 g/mol. The fourth-order valence-electron chi connectivity index (χ4n) is 4.48. The number of hydrogen-bond acceptors (Lipinski definition) is 4. The Morgan fingerprint density at radius 3 is 2.54 bits per heavy atom. The minimum Gasteiger partial charge on any atom is -0.492 e. The van der Waals surface area contributed by atoms with Gasteiger partial charge >= 0.3 is 0 Å². The SMILES string of the molecule is CCOc1ccccc1S(=O)(=O)N1CCCC12CCCN(C1CC1)C2=O. The molecule has 6 nitrogen and oxygen atoms in total. The van der Waals surface area contributed by atoms with Gasteiger partial charge in [-0.15, -0.1) is 0 Å². The molecule has 2 heterocycles. The van der Waals surface area contributed by atoms with Crippen molar-refractivity contribution >= 4 is 15.9 Å². The number of sulfonamides is 1. The van der Waals surface area contributed by atoms with Gasteiger partial charge in [0.15, 0.2) is 0 Å². The van der Waals surface area contributed by atoms with E-state index in [-0.39, 0.29) is 10.8 Å². The first-order valence-corrected chi connectivity index (χ1v) is 11.0. The van der Waals surface area contributed by atoms with E-state index in [1.165, 1.54) is 4.31 Å². The molecule has 1 saturated carbocycles. The molecule has 1 amide bonds. The number of carbonyl (C=O) groups excluding carboxylic acids is 1. The fourth-order valence-corrected chi connectivity index (χ4v) is 6.44. The van der Waals surface area contributed by atoms with Gasteiger partial charge in [-0.05, 0) is 57.6 Å². The largest absolute Gasteiger partial charge is 0.492 e. The average Bonchev–Trinajstić information content (AvgIpc) is 3.38. The number of rotatable bonds is 5. The van der Waals surface area contributed by atoms with Gasteiger partial charge in [0.25, 0.3) is 0 Å². The van der Waals surface area contributed by atoms with Crippen LogP contribution in [0.15, 0.2) is 29.2 Å². The summed E-state index contributed by atoms with van der Waals surface area (Å²) in [5, 5.41) is 0.